The predicted octanol–water partition coefficient (Wildman–Crippen LogP) is -4.88. The molecule has 9 heteroatoms. The maximum Gasteiger partial charge on any atom is 0.0676 e. The van der Waals surface area contributed by atoms with E-state index in [1.807, 2.05) is 0 Å². The van der Waals surface area contributed by atoms with Crippen molar-refractivity contribution in [1.29, 1.82) is 0 Å². The molecule has 0 spiro atoms. The third kappa shape index (κ3) is 8.02. The predicted molar refractivity (Wildman–Crippen MR) is 69.7 cm³/mol. The van der Waals surface area contributed by atoms with E-state index >= 15 is 0 Å². The van der Waals surface area contributed by atoms with Crippen LogP contribution in [0, 0.1) is 0 Å². The Balaban J connectivity index is 0.00000256. The molecule has 1 aliphatic heterocycles. The number of rotatable bonds is 0. The molecule has 0 saturated carbocycles. The van der Waals surface area contributed by atoms with Crippen molar-refractivity contribution in [2.75, 3.05) is 26.2 Å². The van der Waals surface area contributed by atoms with E-state index < -0.39 is 0 Å². The van der Waals surface area contributed by atoms with Crippen molar-refractivity contribution in [3.05, 3.63) is 0 Å². The smallest absolute Gasteiger partial charge is 0.0676 e. The molecule has 17 heavy (non-hydrogen) atoms. The van der Waals surface area contributed by atoms with Crippen LogP contribution in [-0.4, -0.2) is 68.2 Å². The molecule has 99 valence electrons. The Morgan fingerprint density at radius 2 is 0.706 bits per heavy atom. The molecule has 3 radical (unpaired) electrons. The highest BCUT2D eigenvalue weighted by molar-refractivity contribution is 5.75. The Labute approximate surface area is 113 Å². The fourth-order valence-electron chi connectivity index (χ4n) is 1.40. The molecular formula is C8H24AlN8. The van der Waals surface area contributed by atoms with Crippen LogP contribution < -0.4 is 44.2 Å². The van der Waals surface area contributed by atoms with E-state index in [1.165, 1.54) is 0 Å². The highest BCUT2D eigenvalue weighted by atomic mass is 27.0. The van der Waals surface area contributed by atoms with Gasteiger partial charge in [-0.15, -0.1) is 0 Å². The summed E-state index contributed by atoms with van der Waals surface area (Å²) in [4.78, 5) is 0. The van der Waals surface area contributed by atoms with Crippen LogP contribution in [0.5, 0.6) is 0 Å². The van der Waals surface area contributed by atoms with Gasteiger partial charge in [-0.3, -0.25) is 21.3 Å². The quantitative estimate of drug-likeness (QED) is 0.202. The summed E-state index contributed by atoms with van der Waals surface area (Å²) in [6.07, 6.45) is -0.641. The van der Waals surface area contributed by atoms with Crippen molar-refractivity contribution in [1.82, 2.24) is 21.3 Å². The first-order valence-electron chi connectivity index (χ1n) is 5.54. The molecule has 1 rings (SSSR count). The normalized spacial score (nSPS) is 37.4. The lowest BCUT2D eigenvalue weighted by Gasteiger charge is -2.25. The molecule has 12 N–H and O–H groups in total. The van der Waals surface area contributed by atoms with E-state index in [0.717, 1.165) is 0 Å². The third-order valence-electron chi connectivity index (χ3n) is 2.40. The van der Waals surface area contributed by atoms with E-state index in [4.69, 9.17) is 22.9 Å². The van der Waals surface area contributed by atoms with Crippen LogP contribution in [0.25, 0.3) is 0 Å². The maximum absolute atomic E-state index is 5.81. The molecule has 0 amide bonds. The summed E-state index contributed by atoms with van der Waals surface area (Å²) in [5, 5.41) is 12.4. The van der Waals surface area contributed by atoms with E-state index in [1.54, 1.807) is 0 Å². The second-order valence-electron chi connectivity index (χ2n) is 4.06. The lowest BCUT2D eigenvalue weighted by atomic mass is 10.3. The van der Waals surface area contributed by atoms with Crippen molar-refractivity contribution >= 4 is 17.4 Å². The van der Waals surface area contributed by atoms with Crippen LogP contribution in [0.2, 0.25) is 0 Å². The first-order chi connectivity index (χ1) is 7.58. The van der Waals surface area contributed by atoms with Gasteiger partial charge < -0.3 is 22.9 Å². The van der Waals surface area contributed by atoms with E-state index in [9.17, 15) is 0 Å². The SMILES string of the molecule is NC1CNC(N)CNC(N)CNC(N)CN1.[Al]. The third-order valence-corrected chi connectivity index (χ3v) is 2.40. The summed E-state index contributed by atoms with van der Waals surface area (Å²) < 4.78 is 0. The second-order valence-corrected chi connectivity index (χ2v) is 4.06. The van der Waals surface area contributed by atoms with Gasteiger partial charge in [0.1, 0.15) is 0 Å². The van der Waals surface area contributed by atoms with Gasteiger partial charge in [-0.25, -0.2) is 0 Å². The molecular weight excluding hydrogens is 235 g/mol. The Hall–Kier alpha value is 0.212. The zero-order valence-electron chi connectivity index (χ0n) is 10.0. The Bertz CT molecular complexity index is 138. The molecule has 0 aromatic rings. The standard InChI is InChI=1S/C8H24N8.Al/c9-5-1-13-6(10)2-15-8(12)4-16-7(11)3-14-5;/h5-8,13-16H,1-4,9-12H2;. The molecule has 8 nitrogen and oxygen atoms in total. The average molecular weight is 259 g/mol. The van der Waals surface area contributed by atoms with Crippen molar-refractivity contribution in [2.45, 2.75) is 24.7 Å². The summed E-state index contributed by atoms with van der Waals surface area (Å²) >= 11 is 0. The maximum atomic E-state index is 5.81. The first-order valence-corrected chi connectivity index (χ1v) is 5.54. The minimum atomic E-state index is -0.160. The molecule has 1 fully saturated rings. The van der Waals surface area contributed by atoms with Gasteiger partial charge >= 0.3 is 0 Å². The Morgan fingerprint density at radius 1 is 0.529 bits per heavy atom. The van der Waals surface area contributed by atoms with Crippen LogP contribution in [0.15, 0.2) is 0 Å². The number of hydrogen-bond donors (Lipinski definition) is 8. The van der Waals surface area contributed by atoms with Gasteiger partial charge in [-0.05, 0) is 0 Å². The van der Waals surface area contributed by atoms with Crippen molar-refractivity contribution in [3.63, 3.8) is 0 Å². The molecule has 4 atom stereocenters. The van der Waals surface area contributed by atoms with Gasteiger partial charge in [0.15, 0.2) is 0 Å². The Morgan fingerprint density at radius 3 is 0.882 bits per heavy atom. The van der Waals surface area contributed by atoms with Crippen molar-refractivity contribution < 1.29 is 0 Å². The van der Waals surface area contributed by atoms with Crippen molar-refractivity contribution in [3.8, 4) is 0 Å². The van der Waals surface area contributed by atoms with Gasteiger partial charge in [0.2, 0.25) is 0 Å². The first kappa shape index (κ1) is 17.2. The summed E-state index contributed by atoms with van der Waals surface area (Å²) in [5.74, 6) is 0. The summed E-state index contributed by atoms with van der Waals surface area (Å²) in [5.41, 5.74) is 23.2. The minimum Gasteiger partial charge on any atom is -0.315 e. The number of nitrogens with two attached hydrogens (primary N) is 4. The minimum absolute atomic E-state index is 0. The monoisotopic (exact) mass is 259 g/mol. The number of nitrogens with one attached hydrogen (secondary N) is 4. The molecule has 0 aromatic heterocycles. The second kappa shape index (κ2) is 9.18. The Kier molecular flexibility index (Phi) is 9.30. The molecule has 1 aliphatic rings. The van der Waals surface area contributed by atoms with Crippen LogP contribution >= 0.6 is 0 Å². The summed E-state index contributed by atoms with van der Waals surface area (Å²) in [6.45, 7) is 2.35. The van der Waals surface area contributed by atoms with Gasteiger partial charge in [-0.1, -0.05) is 0 Å². The van der Waals surface area contributed by atoms with Crippen LogP contribution in [0.3, 0.4) is 0 Å². The van der Waals surface area contributed by atoms with Gasteiger partial charge in [0, 0.05) is 43.5 Å². The van der Waals surface area contributed by atoms with E-state index in [0.29, 0.717) is 26.2 Å². The van der Waals surface area contributed by atoms with Gasteiger partial charge in [0.05, 0.1) is 24.7 Å². The summed E-state index contributed by atoms with van der Waals surface area (Å²) in [6, 6.07) is 0. The molecule has 1 heterocycles. The lowest BCUT2D eigenvalue weighted by molar-refractivity contribution is 0.357. The fraction of sp³-hybridized carbons (Fsp3) is 1.00. The zero-order valence-corrected chi connectivity index (χ0v) is 11.2. The molecule has 0 aliphatic carbocycles. The highest BCUT2D eigenvalue weighted by Crippen LogP contribution is 1.80. The number of hydrogen-bond acceptors (Lipinski definition) is 8. The van der Waals surface area contributed by atoms with Gasteiger partial charge in [0.25, 0.3) is 0 Å². The van der Waals surface area contributed by atoms with Crippen LogP contribution in [0.4, 0.5) is 0 Å². The highest BCUT2D eigenvalue weighted by Gasteiger charge is 2.12. The summed E-state index contributed by atoms with van der Waals surface area (Å²) in [7, 11) is 0. The molecule has 0 bridgehead atoms. The zero-order chi connectivity index (χ0) is 12.0. The van der Waals surface area contributed by atoms with Crippen molar-refractivity contribution in [2.24, 2.45) is 22.9 Å². The molecule has 0 aromatic carbocycles. The van der Waals surface area contributed by atoms with E-state index in [2.05, 4.69) is 21.3 Å². The van der Waals surface area contributed by atoms with Gasteiger partial charge in [-0.2, -0.15) is 0 Å². The average Bonchev–Trinajstić information content (AvgIpc) is 2.27. The van der Waals surface area contributed by atoms with Crippen LogP contribution in [-0.2, 0) is 0 Å². The van der Waals surface area contributed by atoms with Crippen LogP contribution in [0.1, 0.15) is 0 Å². The largest absolute Gasteiger partial charge is 0.315 e. The molecule has 4 unspecified atom stereocenters. The topological polar surface area (TPSA) is 152 Å². The fourth-order valence-corrected chi connectivity index (χ4v) is 1.40. The molecule has 1 saturated heterocycles. The van der Waals surface area contributed by atoms with E-state index in [-0.39, 0.29) is 42.0 Å². The lowest BCUT2D eigenvalue weighted by Crippen LogP contribution is -2.61.